The Labute approximate surface area is 168 Å². The average molecular weight is 391 g/mol. The van der Waals surface area contributed by atoms with E-state index in [1.54, 1.807) is 35.2 Å². The lowest BCUT2D eigenvalue weighted by Crippen LogP contribution is -2.37. The van der Waals surface area contributed by atoms with Gasteiger partial charge in [-0.2, -0.15) is 0 Å². The van der Waals surface area contributed by atoms with Gasteiger partial charge >= 0.3 is 0 Å². The van der Waals surface area contributed by atoms with Crippen LogP contribution in [0.4, 0.5) is 11.4 Å². The molecular weight excluding hydrogens is 370 g/mol. The van der Waals surface area contributed by atoms with Crippen molar-refractivity contribution in [2.24, 2.45) is 5.92 Å². The molecule has 0 saturated carbocycles. The molecule has 7 nitrogen and oxygen atoms in total. The molecule has 4 rings (SSSR count). The Morgan fingerprint density at radius 3 is 2.31 bits per heavy atom. The number of carbonyl (C=O) groups excluding carboxylic acids is 4. The van der Waals surface area contributed by atoms with E-state index in [1.165, 1.54) is 0 Å². The average Bonchev–Trinajstić information content (AvgIpc) is 3.22. The van der Waals surface area contributed by atoms with Crippen molar-refractivity contribution in [3.05, 3.63) is 59.2 Å². The number of carbonyl (C=O) groups is 4. The number of hydrogen-bond acceptors (Lipinski definition) is 4. The monoisotopic (exact) mass is 391 g/mol. The first-order chi connectivity index (χ1) is 13.9. The van der Waals surface area contributed by atoms with E-state index >= 15 is 0 Å². The van der Waals surface area contributed by atoms with Gasteiger partial charge in [0.2, 0.25) is 11.8 Å². The summed E-state index contributed by atoms with van der Waals surface area (Å²) in [5.74, 6) is -1.38. The number of benzene rings is 2. The second kappa shape index (κ2) is 7.16. The first-order valence-electron chi connectivity index (χ1n) is 9.56. The predicted octanol–water partition coefficient (Wildman–Crippen LogP) is 2.47. The fraction of sp³-hybridized carbons (Fsp3) is 0.273. The zero-order valence-corrected chi connectivity index (χ0v) is 16.3. The lowest BCUT2D eigenvalue weighted by Gasteiger charge is -2.20. The van der Waals surface area contributed by atoms with Gasteiger partial charge in [0.25, 0.3) is 11.8 Å². The minimum atomic E-state index is -0.461. The summed E-state index contributed by atoms with van der Waals surface area (Å²) in [4.78, 5) is 52.3. The SMILES string of the molecule is CC(C)C(=O)N1CCc2cc(NC(=O)CN3C(=O)c4ccccc4C3=O)ccc21. The van der Waals surface area contributed by atoms with Crippen molar-refractivity contribution in [2.45, 2.75) is 20.3 Å². The molecular formula is C22H21N3O4. The van der Waals surface area contributed by atoms with Crippen LogP contribution in [0.3, 0.4) is 0 Å². The van der Waals surface area contributed by atoms with Crippen molar-refractivity contribution in [3.8, 4) is 0 Å². The molecule has 148 valence electrons. The summed E-state index contributed by atoms with van der Waals surface area (Å²) in [6, 6.07) is 11.9. The first kappa shape index (κ1) is 18.9. The number of amides is 4. The Hall–Kier alpha value is -3.48. The Balaban J connectivity index is 1.45. The lowest BCUT2D eigenvalue weighted by atomic mass is 10.1. The molecule has 2 aliphatic rings. The number of anilines is 2. The Bertz CT molecular complexity index is 1010. The zero-order chi connectivity index (χ0) is 20.7. The highest BCUT2D eigenvalue weighted by molar-refractivity contribution is 6.22. The number of fused-ring (bicyclic) bond motifs is 2. The number of rotatable bonds is 4. The summed E-state index contributed by atoms with van der Waals surface area (Å²) < 4.78 is 0. The second-order valence-electron chi connectivity index (χ2n) is 7.53. The molecule has 0 radical (unpaired) electrons. The van der Waals surface area contributed by atoms with Crippen molar-refractivity contribution in [1.29, 1.82) is 0 Å². The number of imide groups is 1. The van der Waals surface area contributed by atoms with E-state index in [0.29, 0.717) is 23.4 Å². The van der Waals surface area contributed by atoms with Gasteiger partial charge in [0, 0.05) is 23.8 Å². The molecule has 2 aliphatic heterocycles. The maximum absolute atomic E-state index is 12.5. The van der Waals surface area contributed by atoms with Crippen LogP contribution in [0.15, 0.2) is 42.5 Å². The standard InChI is InChI=1S/C22H21N3O4/c1-13(2)20(27)24-10-9-14-11-15(7-8-18(14)24)23-19(26)12-25-21(28)16-5-3-4-6-17(16)22(25)29/h3-8,11,13H,9-10,12H2,1-2H3,(H,23,26). The summed E-state index contributed by atoms with van der Waals surface area (Å²) in [6.45, 7) is 4.02. The Kier molecular flexibility index (Phi) is 4.66. The summed E-state index contributed by atoms with van der Waals surface area (Å²) in [6.07, 6.45) is 0.718. The fourth-order valence-electron chi connectivity index (χ4n) is 3.75. The summed E-state index contributed by atoms with van der Waals surface area (Å²) in [5, 5.41) is 2.74. The highest BCUT2D eigenvalue weighted by Crippen LogP contribution is 2.31. The van der Waals surface area contributed by atoms with Crippen LogP contribution in [0.25, 0.3) is 0 Å². The van der Waals surface area contributed by atoms with Gasteiger partial charge in [-0.15, -0.1) is 0 Å². The van der Waals surface area contributed by atoms with Crippen LogP contribution in [0.5, 0.6) is 0 Å². The van der Waals surface area contributed by atoms with Crippen molar-refractivity contribution in [3.63, 3.8) is 0 Å². The molecule has 0 atom stereocenters. The highest BCUT2D eigenvalue weighted by atomic mass is 16.2. The van der Waals surface area contributed by atoms with E-state index in [9.17, 15) is 19.2 Å². The third-order valence-corrected chi connectivity index (χ3v) is 5.20. The van der Waals surface area contributed by atoms with E-state index in [4.69, 9.17) is 0 Å². The van der Waals surface area contributed by atoms with Gasteiger partial charge in [0.05, 0.1) is 11.1 Å². The summed E-state index contributed by atoms with van der Waals surface area (Å²) in [5.41, 5.74) is 3.05. The van der Waals surface area contributed by atoms with Crippen molar-refractivity contribution in [2.75, 3.05) is 23.3 Å². The number of nitrogens with one attached hydrogen (secondary N) is 1. The summed E-state index contributed by atoms with van der Waals surface area (Å²) >= 11 is 0. The third kappa shape index (κ3) is 3.29. The zero-order valence-electron chi connectivity index (χ0n) is 16.3. The minimum Gasteiger partial charge on any atom is -0.325 e. The van der Waals surface area contributed by atoms with Gasteiger partial charge in [0.15, 0.2) is 0 Å². The Morgan fingerprint density at radius 2 is 1.69 bits per heavy atom. The first-order valence-corrected chi connectivity index (χ1v) is 9.56. The molecule has 0 aliphatic carbocycles. The van der Waals surface area contributed by atoms with Crippen LogP contribution in [0.1, 0.15) is 40.1 Å². The molecule has 0 aromatic heterocycles. The molecule has 0 fully saturated rings. The van der Waals surface area contributed by atoms with Crippen molar-refractivity contribution in [1.82, 2.24) is 4.90 Å². The quantitative estimate of drug-likeness (QED) is 0.811. The third-order valence-electron chi connectivity index (χ3n) is 5.20. The van der Waals surface area contributed by atoms with Crippen LogP contribution in [0, 0.1) is 5.92 Å². The molecule has 0 bridgehead atoms. The van der Waals surface area contributed by atoms with E-state index in [2.05, 4.69) is 5.32 Å². The smallest absolute Gasteiger partial charge is 0.262 e. The number of hydrogen-bond donors (Lipinski definition) is 1. The topological polar surface area (TPSA) is 86.8 Å². The van der Waals surface area contributed by atoms with Gasteiger partial charge in [-0.25, -0.2) is 0 Å². The molecule has 4 amide bonds. The van der Waals surface area contributed by atoms with Gasteiger partial charge in [0.1, 0.15) is 6.54 Å². The highest BCUT2D eigenvalue weighted by Gasteiger charge is 2.36. The van der Waals surface area contributed by atoms with Gasteiger partial charge < -0.3 is 10.2 Å². The molecule has 0 saturated heterocycles. The van der Waals surface area contributed by atoms with Crippen molar-refractivity contribution >= 4 is 35.0 Å². The maximum atomic E-state index is 12.5. The largest absolute Gasteiger partial charge is 0.325 e. The molecule has 2 aromatic carbocycles. The number of nitrogens with zero attached hydrogens (tertiary/aromatic N) is 2. The molecule has 0 spiro atoms. The predicted molar refractivity (Wildman–Crippen MR) is 108 cm³/mol. The molecule has 2 heterocycles. The van der Waals surface area contributed by atoms with Crippen LogP contribution < -0.4 is 10.2 Å². The molecule has 2 aromatic rings. The van der Waals surface area contributed by atoms with Crippen LogP contribution in [-0.4, -0.2) is 41.6 Å². The molecule has 1 N–H and O–H groups in total. The van der Waals surface area contributed by atoms with Gasteiger partial charge in [-0.05, 0) is 42.3 Å². The lowest BCUT2D eigenvalue weighted by molar-refractivity contribution is -0.121. The van der Waals surface area contributed by atoms with E-state index in [-0.39, 0.29) is 18.4 Å². The van der Waals surface area contributed by atoms with Gasteiger partial charge in [-0.3, -0.25) is 24.1 Å². The van der Waals surface area contributed by atoms with Crippen molar-refractivity contribution < 1.29 is 19.2 Å². The van der Waals surface area contributed by atoms with Gasteiger partial charge in [-0.1, -0.05) is 26.0 Å². The molecule has 29 heavy (non-hydrogen) atoms. The van der Waals surface area contributed by atoms with Crippen LogP contribution >= 0.6 is 0 Å². The second-order valence-corrected chi connectivity index (χ2v) is 7.53. The molecule has 7 heteroatoms. The van der Waals surface area contributed by atoms with Crippen LogP contribution in [0.2, 0.25) is 0 Å². The molecule has 0 unspecified atom stereocenters. The Morgan fingerprint density at radius 1 is 1.03 bits per heavy atom. The van der Waals surface area contributed by atoms with E-state index in [1.807, 2.05) is 26.0 Å². The summed E-state index contributed by atoms with van der Waals surface area (Å²) in [7, 11) is 0. The maximum Gasteiger partial charge on any atom is 0.262 e. The fourth-order valence-corrected chi connectivity index (χ4v) is 3.75. The van der Waals surface area contributed by atoms with E-state index < -0.39 is 17.7 Å². The van der Waals surface area contributed by atoms with Crippen LogP contribution in [-0.2, 0) is 16.0 Å². The normalized spacial score (nSPS) is 15.0. The van der Waals surface area contributed by atoms with E-state index in [0.717, 1.165) is 22.6 Å². The minimum absolute atomic E-state index is 0.0751.